The van der Waals surface area contributed by atoms with Gasteiger partial charge in [-0.05, 0) is 38.5 Å². The lowest BCUT2D eigenvalue weighted by Crippen LogP contribution is -2.47. The van der Waals surface area contributed by atoms with E-state index in [1.807, 2.05) is 0 Å². The maximum atomic E-state index is 4.51. The van der Waals surface area contributed by atoms with E-state index < -0.39 is 0 Å². The SMILES string of the molecule is CCNc1cc(N2CCC[C@H]3CCCC[C@H]32)ncn1. The highest BCUT2D eigenvalue weighted by molar-refractivity contribution is 5.49. The van der Waals surface area contributed by atoms with Gasteiger partial charge in [0.1, 0.15) is 18.0 Å². The zero-order chi connectivity index (χ0) is 13.1. The molecule has 0 spiro atoms. The van der Waals surface area contributed by atoms with E-state index >= 15 is 0 Å². The molecule has 1 saturated heterocycles. The molecule has 1 aromatic rings. The minimum absolute atomic E-state index is 0.715. The van der Waals surface area contributed by atoms with E-state index in [0.29, 0.717) is 6.04 Å². The van der Waals surface area contributed by atoms with Crippen molar-refractivity contribution in [3.63, 3.8) is 0 Å². The minimum Gasteiger partial charge on any atom is -0.370 e. The molecule has 0 bridgehead atoms. The lowest BCUT2D eigenvalue weighted by Gasteiger charge is -2.44. The van der Waals surface area contributed by atoms with E-state index in [4.69, 9.17) is 0 Å². The number of fused-ring (bicyclic) bond motifs is 1. The van der Waals surface area contributed by atoms with E-state index in [2.05, 4.69) is 33.2 Å². The van der Waals surface area contributed by atoms with Crippen molar-refractivity contribution in [2.75, 3.05) is 23.3 Å². The summed E-state index contributed by atoms with van der Waals surface area (Å²) >= 11 is 0. The van der Waals surface area contributed by atoms with Gasteiger partial charge in [0.25, 0.3) is 0 Å². The average molecular weight is 260 g/mol. The Morgan fingerprint density at radius 1 is 1.21 bits per heavy atom. The van der Waals surface area contributed by atoms with Crippen LogP contribution >= 0.6 is 0 Å². The van der Waals surface area contributed by atoms with Crippen LogP contribution in [0.15, 0.2) is 12.4 Å². The monoisotopic (exact) mass is 260 g/mol. The molecule has 1 aliphatic heterocycles. The fourth-order valence-corrected chi connectivity index (χ4v) is 3.69. The quantitative estimate of drug-likeness (QED) is 0.907. The zero-order valence-corrected chi connectivity index (χ0v) is 11.8. The fraction of sp³-hybridized carbons (Fsp3) is 0.733. The van der Waals surface area contributed by atoms with Gasteiger partial charge in [-0.2, -0.15) is 0 Å². The van der Waals surface area contributed by atoms with Gasteiger partial charge in [-0.1, -0.05) is 12.8 Å². The van der Waals surface area contributed by atoms with Gasteiger partial charge in [-0.25, -0.2) is 9.97 Å². The van der Waals surface area contributed by atoms with Gasteiger partial charge >= 0.3 is 0 Å². The second-order valence-corrected chi connectivity index (χ2v) is 5.74. The molecule has 2 heterocycles. The van der Waals surface area contributed by atoms with Crippen molar-refractivity contribution in [1.29, 1.82) is 0 Å². The molecule has 0 unspecified atom stereocenters. The third-order valence-electron chi connectivity index (χ3n) is 4.55. The van der Waals surface area contributed by atoms with Crippen LogP contribution in [0.4, 0.5) is 11.6 Å². The van der Waals surface area contributed by atoms with Crippen LogP contribution in [0.25, 0.3) is 0 Å². The van der Waals surface area contributed by atoms with Crippen LogP contribution in [0, 0.1) is 5.92 Å². The molecule has 1 aliphatic carbocycles. The van der Waals surface area contributed by atoms with Crippen LogP contribution in [0.2, 0.25) is 0 Å². The number of nitrogens with one attached hydrogen (secondary N) is 1. The summed E-state index contributed by atoms with van der Waals surface area (Å²) in [5.41, 5.74) is 0. The molecule has 1 saturated carbocycles. The molecule has 0 amide bonds. The van der Waals surface area contributed by atoms with Crippen molar-refractivity contribution < 1.29 is 0 Å². The lowest BCUT2D eigenvalue weighted by molar-refractivity contribution is 0.242. The molecular weight excluding hydrogens is 236 g/mol. The maximum absolute atomic E-state index is 4.51. The lowest BCUT2D eigenvalue weighted by atomic mass is 9.78. The Hall–Kier alpha value is -1.32. The van der Waals surface area contributed by atoms with Crippen molar-refractivity contribution in [2.24, 2.45) is 5.92 Å². The smallest absolute Gasteiger partial charge is 0.134 e. The Balaban J connectivity index is 1.81. The molecular formula is C15H24N4. The topological polar surface area (TPSA) is 41.0 Å². The van der Waals surface area contributed by atoms with E-state index in [-0.39, 0.29) is 0 Å². The van der Waals surface area contributed by atoms with E-state index in [0.717, 1.165) is 30.6 Å². The molecule has 2 atom stereocenters. The van der Waals surface area contributed by atoms with Gasteiger partial charge in [0.2, 0.25) is 0 Å². The first-order valence-corrected chi connectivity index (χ1v) is 7.71. The Kier molecular flexibility index (Phi) is 3.85. The summed E-state index contributed by atoms with van der Waals surface area (Å²) in [5.74, 6) is 2.95. The van der Waals surface area contributed by atoms with E-state index in [9.17, 15) is 0 Å². The largest absolute Gasteiger partial charge is 0.370 e. The minimum atomic E-state index is 0.715. The number of anilines is 2. The van der Waals surface area contributed by atoms with Crippen molar-refractivity contribution >= 4 is 11.6 Å². The molecule has 4 heteroatoms. The Morgan fingerprint density at radius 3 is 2.95 bits per heavy atom. The molecule has 104 valence electrons. The highest BCUT2D eigenvalue weighted by atomic mass is 15.2. The predicted octanol–water partition coefficient (Wildman–Crippen LogP) is 3.07. The van der Waals surface area contributed by atoms with Gasteiger partial charge < -0.3 is 10.2 Å². The summed E-state index contributed by atoms with van der Waals surface area (Å²) < 4.78 is 0. The van der Waals surface area contributed by atoms with Crippen molar-refractivity contribution in [1.82, 2.24) is 9.97 Å². The number of piperidine rings is 1. The van der Waals surface area contributed by atoms with Crippen molar-refractivity contribution in [2.45, 2.75) is 51.5 Å². The van der Waals surface area contributed by atoms with Crippen LogP contribution in [0.3, 0.4) is 0 Å². The van der Waals surface area contributed by atoms with Gasteiger partial charge in [0.15, 0.2) is 0 Å². The first-order valence-electron chi connectivity index (χ1n) is 7.71. The summed E-state index contributed by atoms with van der Waals surface area (Å²) in [6, 6.07) is 2.83. The first kappa shape index (κ1) is 12.7. The molecule has 3 rings (SSSR count). The van der Waals surface area contributed by atoms with Crippen LogP contribution in [-0.2, 0) is 0 Å². The predicted molar refractivity (Wildman–Crippen MR) is 78.5 cm³/mol. The summed E-state index contributed by atoms with van der Waals surface area (Å²) in [4.78, 5) is 11.3. The second kappa shape index (κ2) is 5.76. The molecule has 1 aromatic heterocycles. The van der Waals surface area contributed by atoms with Crippen LogP contribution in [-0.4, -0.2) is 29.1 Å². The molecule has 2 aliphatic rings. The first-order chi connectivity index (χ1) is 9.38. The number of hydrogen-bond acceptors (Lipinski definition) is 4. The number of rotatable bonds is 3. The Labute approximate surface area is 115 Å². The standard InChI is InChI=1S/C15H24N4/c1-2-16-14-10-15(18-11-17-14)19-9-5-7-12-6-3-4-8-13(12)19/h10-13H,2-9H2,1H3,(H,16,17,18)/t12-,13-/m1/s1. The summed E-state index contributed by atoms with van der Waals surface area (Å²) in [5, 5.41) is 3.28. The van der Waals surface area contributed by atoms with Crippen molar-refractivity contribution in [3.8, 4) is 0 Å². The van der Waals surface area contributed by atoms with Gasteiger partial charge in [0, 0.05) is 25.2 Å². The van der Waals surface area contributed by atoms with Gasteiger partial charge in [0.05, 0.1) is 0 Å². The number of aromatic nitrogens is 2. The number of nitrogens with zero attached hydrogens (tertiary/aromatic N) is 3. The molecule has 0 radical (unpaired) electrons. The highest BCUT2D eigenvalue weighted by Crippen LogP contribution is 2.37. The average Bonchev–Trinajstić information content (AvgIpc) is 2.47. The Bertz CT molecular complexity index is 418. The van der Waals surface area contributed by atoms with Gasteiger partial charge in [-0.15, -0.1) is 0 Å². The van der Waals surface area contributed by atoms with E-state index in [1.54, 1.807) is 6.33 Å². The molecule has 19 heavy (non-hydrogen) atoms. The highest BCUT2D eigenvalue weighted by Gasteiger charge is 2.33. The molecule has 1 N–H and O–H groups in total. The van der Waals surface area contributed by atoms with Crippen molar-refractivity contribution in [3.05, 3.63) is 12.4 Å². The van der Waals surface area contributed by atoms with Crippen LogP contribution in [0.5, 0.6) is 0 Å². The third kappa shape index (κ3) is 2.67. The van der Waals surface area contributed by atoms with Crippen LogP contribution in [0.1, 0.15) is 45.4 Å². The number of hydrogen-bond donors (Lipinski definition) is 1. The van der Waals surface area contributed by atoms with Gasteiger partial charge in [-0.3, -0.25) is 0 Å². The summed E-state index contributed by atoms with van der Waals surface area (Å²) in [6.45, 7) is 4.16. The Morgan fingerprint density at radius 2 is 2.05 bits per heavy atom. The normalized spacial score (nSPS) is 26.9. The molecule has 4 nitrogen and oxygen atoms in total. The zero-order valence-electron chi connectivity index (χ0n) is 11.8. The maximum Gasteiger partial charge on any atom is 0.134 e. The molecule has 0 aromatic carbocycles. The molecule has 2 fully saturated rings. The van der Waals surface area contributed by atoms with Crippen LogP contribution < -0.4 is 10.2 Å². The third-order valence-corrected chi connectivity index (χ3v) is 4.55. The van der Waals surface area contributed by atoms with E-state index in [1.165, 1.54) is 38.5 Å². The summed E-state index contributed by atoms with van der Waals surface area (Å²) in [6.07, 6.45) is 9.95. The second-order valence-electron chi connectivity index (χ2n) is 5.74. The summed E-state index contributed by atoms with van der Waals surface area (Å²) in [7, 11) is 0. The fourth-order valence-electron chi connectivity index (χ4n) is 3.69.